The van der Waals surface area contributed by atoms with Crippen molar-refractivity contribution in [1.82, 2.24) is 5.06 Å². The highest BCUT2D eigenvalue weighted by Gasteiger charge is 2.29. The quantitative estimate of drug-likeness (QED) is 0.654. The number of rotatable bonds is 1. The van der Waals surface area contributed by atoms with Crippen LogP contribution in [0.1, 0.15) is 6.42 Å². The fourth-order valence-electron chi connectivity index (χ4n) is 1.60. The van der Waals surface area contributed by atoms with E-state index in [0.29, 0.717) is 16.2 Å². The molecular weight excluding hydrogens is 198 g/mol. The highest BCUT2D eigenvalue weighted by molar-refractivity contribution is 6.03. The van der Waals surface area contributed by atoms with Gasteiger partial charge in [-0.1, -0.05) is 12.2 Å². The number of carboxylic acids is 1. The fourth-order valence-corrected chi connectivity index (χ4v) is 1.60. The zero-order valence-corrected chi connectivity index (χ0v) is 7.75. The number of ketones is 1. The van der Waals surface area contributed by atoms with Gasteiger partial charge in [0.25, 0.3) is 0 Å². The summed E-state index contributed by atoms with van der Waals surface area (Å²) >= 11 is 0. The van der Waals surface area contributed by atoms with Crippen LogP contribution in [0.25, 0.3) is 0 Å². The minimum atomic E-state index is -1.19. The summed E-state index contributed by atoms with van der Waals surface area (Å²) in [5.74, 6) is -1.31. The Labute approximate surface area is 85.6 Å². The van der Waals surface area contributed by atoms with E-state index in [2.05, 4.69) is 0 Å². The molecule has 0 aromatic carbocycles. The van der Waals surface area contributed by atoms with Crippen molar-refractivity contribution in [2.75, 3.05) is 0 Å². The standard InChI is InChI=1S/C10H9NO4/c12-9-3-1-2-6-5-11(15)8(10(13)14)4-7(6)9/h1-2,4-5,8,15H,3H2,(H,13,14). The first-order valence-electron chi connectivity index (χ1n) is 4.43. The number of carbonyl (C=O) groups excluding carboxylic acids is 1. The Morgan fingerprint density at radius 1 is 1.53 bits per heavy atom. The first kappa shape index (κ1) is 9.67. The van der Waals surface area contributed by atoms with Gasteiger partial charge in [0.1, 0.15) is 0 Å². The monoisotopic (exact) mass is 207 g/mol. The van der Waals surface area contributed by atoms with Crippen LogP contribution in [0, 0.1) is 0 Å². The number of fused-ring (bicyclic) bond motifs is 1. The maximum Gasteiger partial charge on any atom is 0.332 e. The van der Waals surface area contributed by atoms with Crippen LogP contribution in [0.15, 0.2) is 35.6 Å². The summed E-state index contributed by atoms with van der Waals surface area (Å²) in [6.45, 7) is 0. The predicted molar refractivity (Wildman–Crippen MR) is 50.0 cm³/mol. The molecular formula is C10H9NO4. The van der Waals surface area contributed by atoms with Crippen LogP contribution in [0.5, 0.6) is 0 Å². The topological polar surface area (TPSA) is 77.8 Å². The van der Waals surface area contributed by atoms with E-state index in [0.717, 1.165) is 0 Å². The van der Waals surface area contributed by atoms with E-state index in [-0.39, 0.29) is 12.2 Å². The van der Waals surface area contributed by atoms with Gasteiger partial charge in [-0.3, -0.25) is 10.0 Å². The number of allylic oxidation sites excluding steroid dienone is 4. The first-order valence-corrected chi connectivity index (χ1v) is 4.43. The molecule has 0 aromatic rings. The van der Waals surface area contributed by atoms with Gasteiger partial charge >= 0.3 is 5.97 Å². The summed E-state index contributed by atoms with van der Waals surface area (Å²) in [6.07, 6.45) is 6.17. The second-order valence-electron chi connectivity index (χ2n) is 3.36. The lowest BCUT2D eigenvalue weighted by atomic mass is 9.91. The molecule has 2 rings (SSSR count). The van der Waals surface area contributed by atoms with Crippen LogP contribution in [-0.2, 0) is 9.59 Å². The SMILES string of the molecule is O=C1CC=CC2=CN(O)C(C(=O)O)C=C12. The molecule has 0 aromatic heterocycles. The Balaban J connectivity index is 2.42. The minimum Gasteiger partial charge on any atom is -0.479 e. The normalized spacial score (nSPS) is 24.5. The number of aliphatic carboxylic acids is 1. The van der Waals surface area contributed by atoms with E-state index in [1.54, 1.807) is 12.2 Å². The van der Waals surface area contributed by atoms with E-state index >= 15 is 0 Å². The fraction of sp³-hybridized carbons (Fsp3) is 0.200. The molecule has 2 N–H and O–H groups in total. The van der Waals surface area contributed by atoms with Crippen LogP contribution in [0.3, 0.4) is 0 Å². The molecule has 1 atom stereocenters. The van der Waals surface area contributed by atoms with Gasteiger partial charge in [0, 0.05) is 23.8 Å². The first-order chi connectivity index (χ1) is 7.09. The van der Waals surface area contributed by atoms with E-state index < -0.39 is 12.0 Å². The summed E-state index contributed by atoms with van der Waals surface area (Å²) in [7, 11) is 0. The van der Waals surface area contributed by atoms with Gasteiger partial charge in [-0.25, -0.2) is 9.86 Å². The molecule has 1 aliphatic carbocycles. The molecule has 2 aliphatic rings. The summed E-state index contributed by atoms with van der Waals surface area (Å²) in [4.78, 5) is 22.2. The van der Waals surface area contributed by atoms with E-state index in [1.165, 1.54) is 12.3 Å². The lowest BCUT2D eigenvalue weighted by Crippen LogP contribution is -2.37. The molecule has 15 heavy (non-hydrogen) atoms. The molecule has 0 amide bonds. The van der Waals surface area contributed by atoms with Crippen molar-refractivity contribution in [1.29, 1.82) is 0 Å². The van der Waals surface area contributed by atoms with Crippen LogP contribution in [0.4, 0.5) is 0 Å². The Kier molecular flexibility index (Phi) is 2.17. The van der Waals surface area contributed by atoms with Crippen molar-refractivity contribution in [3.05, 3.63) is 35.6 Å². The van der Waals surface area contributed by atoms with Gasteiger partial charge < -0.3 is 5.11 Å². The molecule has 5 nitrogen and oxygen atoms in total. The van der Waals surface area contributed by atoms with Crippen molar-refractivity contribution in [3.8, 4) is 0 Å². The average Bonchev–Trinajstić information content (AvgIpc) is 2.16. The number of nitrogens with zero attached hydrogens (tertiary/aromatic N) is 1. The van der Waals surface area contributed by atoms with Gasteiger partial charge in [0.15, 0.2) is 11.8 Å². The molecule has 0 bridgehead atoms. The van der Waals surface area contributed by atoms with Crippen LogP contribution < -0.4 is 0 Å². The smallest absolute Gasteiger partial charge is 0.332 e. The maximum absolute atomic E-state index is 11.4. The van der Waals surface area contributed by atoms with Gasteiger partial charge in [-0.05, 0) is 6.08 Å². The Morgan fingerprint density at radius 3 is 2.93 bits per heavy atom. The lowest BCUT2D eigenvalue weighted by Gasteiger charge is -2.26. The second-order valence-corrected chi connectivity index (χ2v) is 3.36. The molecule has 0 saturated heterocycles. The summed E-state index contributed by atoms with van der Waals surface area (Å²) in [5, 5.41) is 18.7. The third-order valence-corrected chi connectivity index (χ3v) is 2.35. The van der Waals surface area contributed by atoms with Gasteiger partial charge in [0.05, 0.1) is 0 Å². The summed E-state index contributed by atoms with van der Waals surface area (Å²) < 4.78 is 0. The number of hydroxylamine groups is 2. The largest absolute Gasteiger partial charge is 0.479 e. The van der Waals surface area contributed by atoms with E-state index in [1.807, 2.05) is 0 Å². The molecule has 5 heteroatoms. The number of hydrogen-bond donors (Lipinski definition) is 2. The van der Waals surface area contributed by atoms with Crippen LogP contribution >= 0.6 is 0 Å². The third-order valence-electron chi connectivity index (χ3n) is 2.35. The molecule has 78 valence electrons. The van der Waals surface area contributed by atoms with Gasteiger partial charge in [-0.2, -0.15) is 0 Å². The van der Waals surface area contributed by atoms with Crippen molar-refractivity contribution in [2.45, 2.75) is 12.5 Å². The number of hydrogen-bond acceptors (Lipinski definition) is 4. The lowest BCUT2D eigenvalue weighted by molar-refractivity contribution is -0.153. The second kappa shape index (κ2) is 3.36. The van der Waals surface area contributed by atoms with Crippen molar-refractivity contribution >= 4 is 11.8 Å². The molecule has 0 radical (unpaired) electrons. The number of carboxylic acid groups (broad SMARTS) is 1. The number of carbonyl (C=O) groups is 2. The maximum atomic E-state index is 11.4. The Bertz CT molecular complexity index is 419. The van der Waals surface area contributed by atoms with Crippen molar-refractivity contribution in [3.63, 3.8) is 0 Å². The Morgan fingerprint density at radius 2 is 2.27 bits per heavy atom. The summed E-state index contributed by atoms with van der Waals surface area (Å²) in [6, 6.07) is -1.18. The molecule has 1 heterocycles. The minimum absolute atomic E-state index is 0.122. The molecule has 1 unspecified atom stereocenters. The van der Waals surface area contributed by atoms with E-state index in [9.17, 15) is 14.8 Å². The highest BCUT2D eigenvalue weighted by Crippen LogP contribution is 2.26. The molecule has 0 spiro atoms. The molecule has 1 aliphatic heterocycles. The third kappa shape index (κ3) is 1.57. The number of Topliss-reactive ketones (excluding diaryl/α,β-unsaturated/α-hetero) is 1. The van der Waals surface area contributed by atoms with E-state index in [4.69, 9.17) is 5.11 Å². The predicted octanol–water partition coefficient (Wildman–Crippen LogP) is 0.484. The van der Waals surface area contributed by atoms with Crippen LogP contribution in [0.2, 0.25) is 0 Å². The van der Waals surface area contributed by atoms with Gasteiger partial charge in [-0.15, -0.1) is 0 Å². The molecule has 0 fully saturated rings. The van der Waals surface area contributed by atoms with Crippen molar-refractivity contribution < 1.29 is 19.9 Å². The molecule has 0 saturated carbocycles. The highest BCUT2D eigenvalue weighted by atomic mass is 16.5. The average molecular weight is 207 g/mol. The van der Waals surface area contributed by atoms with Crippen molar-refractivity contribution in [2.24, 2.45) is 0 Å². The Hall–Kier alpha value is -1.88. The summed E-state index contributed by atoms with van der Waals surface area (Å²) in [5.41, 5.74) is 0.918. The van der Waals surface area contributed by atoms with Gasteiger partial charge in [0.2, 0.25) is 0 Å². The van der Waals surface area contributed by atoms with Crippen LogP contribution in [-0.4, -0.2) is 33.2 Å². The zero-order chi connectivity index (χ0) is 11.0. The zero-order valence-electron chi connectivity index (χ0n) is 7.75.